The van der Waals surface area contributed by atoms with Crippen molar-refractivity contribution in [2.75, 3.05) is 0 Å². The van der Waals surface area contributed by atoms with Crippen molar-refractivity contribution >= 4 is 21.1 Å². The Bertz CT molecular complexity index is 921. The summed E-state index contributed by atoms with van der Waals surface area (Å²) in [6, 6.07) is 5.36. The van der Waals surface area contributed by atoms with E-state index in [1.165, 1.54) is 0 Å². The highest BCUT2D eigenvalue weighted by Crippen LogP contribution is 2.20. The fourth-order valence-electron chi connectivity index (χ4n) is 2.31. The van der Waals surface area contributed by atoms with Gasteiger partial charge in [0.1, 0.15) is 16.1 Å². The summed E-state index contributed by atoms with van der Waals surface area (Å²) in [4.78, 5) is 4.32. The molecule has 0 bridgehead atoms. The molecule has 0 saturated heterocycles. The molecule has 0 atom stereocenters. The number of sulfonamides is 1. The van der Waals surface area contributed by atoms with Gasteiger partial charge in [-0.15, -0.1) is 0 Å². The first-order chi connectivity index (χ1) is 10.4. The second-order valence-electron chi connectivity index (χ2n) is 5.01. The van der Waals surface area contributed by atoms with E-state index >= 15 is 0 Å². The van der Waals surface area contributed by atoms with E-state index in [0.717, 1.165) is 5.56 Å². The van der Waals surface area contributed by atoms with Gasteiger partial charge in [0.15, 0.2) is 17.2 Å². The number of fused-ring (bicyclic) bond motifs is 1. The van der Waals surface area contributed by atoms with Crippen LogP contribution in [0.4, 0.5) is 0 Å². The molecule has 0 spiro atoms. The van der Waals surface area contributed by atoms with E-state index in [1.54, 1.807) is 39.0 Å². The minimum Gasteiger partial charge on any atom is -0.441 e. The third-order valence-electron chi connectivity index (χ3n) is 3.26. The summed E-state index contributed by atoms with van der Waals surface area (Å²) in [5.74, 6) is 0.844. The molecule has 22 heavy (non-hydrogen) atoms. The van der Waals surface area contributed by atoms with Crippen LogP contribution in [0.15, 0.2) is 32.0 Å². The maximum absolute atomic E-state index is 12.3. The summed E-state index contributed by atoms with van der Waals surface area (Å²) >= 11 is 0. The number of benzene rings is 1. The molecule has 2 aromatic heterocycles. The van der Waals surface area contributed by atoms with Crippen molar-refractivity contribution in [2.45, 2.75) is 32.2 Å². The van der Waals surface area contributed by atoms with Crippen molar-refractivity contribution in [3.8, 4) is 0 Å². The first-order valence-electron chi connectivity index (χ1n) is 6.65. The second kappa shape index (κ2) is 5.22. The average molecular weight is 321 g/mol. The Hall–Kier alpha value is -2.19. The van der Waals surface area contributed by atoms with E-state index in [1.807, 2.05) is 0 Å². The molecule has 0 saturated carbocycles. The number of aryl methyl sites for hydroxylation is 3. The fourth-order valence-corrected chi connectivity index (χ4v) is 3.65. The van der Waals surface area contributed by atoms with Crippen molar-refractivity contribution in [1.82, 2.24) is 14.9 Å². The maximum Gasteiger partial charge on any atom is 0.246 e. The summed E-state index contributed by atoms with van der Waals surface area (Å²) in [7, 11) is -3.67. The highest BCUT2D eigenvalue weighted by Gasteiger charge is 2.23. The number of nitrogens with zero attached hydrogens (tertiary/aromatic N) is 2. The molecule has 0 radical (unpaired) electrons. The molecule has 0 aliphatic carbocycles. The van der Waals surface area contributed by atoms with Crippen molar-refractivity contribution in [3.05, 3.63) is 41.1 Å². The van der Waals surface area contributed by atoms with E-state index in [9.17, 15) is 8.42 Å². The Labute approximate surface area is 127 Å². The van der Waals surface area contributed by atoms with Crippen LogP contribution in [0.3, 0.4) is 0 Å². The van der Waals surface area contributed by atoms with Gasteiger partial charge in [0, 0.05) is 13.5 Å². The molecule has 0 amide bonds. The second-order valence-corrected chi connectivity index (χ2v) is 6.72. The van der Waals surface area contributed by atoms with E-state index in [2.05, 4.69) is 14.9 Å². The van der Waals surface area contributed by atoms with Gasteiger partial charge in [-0.3, -0.25) is 0 Å². The molecule has 1 N–H and O–H groups in total. The lowest BCUT2D eigenvalue weighted by atomic mass is 10.2. The zero-order chi connectivity index (χ0) is 15.9. The Morgan fingerprint density at radius 2 is 2.00 bits per heavy atom. The molecular weight excluding hydrogens is 306 g/mol. The molecule has 8 heteroatoms. The summed E-state index contributed by atoms with van der Waals surface area (Å²) in [6.07, 6.45) is 0. The summed E-state index contributed by atoms with van der Waals surface area (Å²) in [6.45, 7) is 5.07. The van der Waals surface area contributed by atoms with Crippen LogP contribution in [0.25, 0.3) is 11.1 Å². The highest BCUT2D eigenvalue weighted by atomic mass is 32.2. The minimum absolute atomic E-state index is 0.0888. The lowest BCUT2D eigenvalue weighted by Gasteiger charge is -2.06. The van der Waals surface area contributed by atoms with E-state index in [0.29, 0.717) is 22.7 Å². The van der Waals surface area contributed by atoms with Crippen molar-refractivity contribution in [1.29, 1.82) is 0 Å². The Morgan fingerprint density at radius 1 is 1.23 bits per heavy atom. The van der Waals surface area contributed by atoms with E-state index in [4.69, 9.17) is 8.94 Å². The van der Waals surface area contributed by atoms with Crippen LogP contribution in [-0.4, -0.2) is 18.6 Å². The molecule has 7 nitrogen and oxygen atoms in total. The molecule has 116 valence electrons. The van der Waals surface area contributed by atoms with Crippen LogP contribution in [-0.2, 0) is 16.6 Å². The third kappa shape index (κ3) is 2.62. The first-order valence-corrected chi connectivity index (χ1v) is 8.14. The number of nitrogens with one attached hydrogen (secondary N) is 1. The number of hydrogen-bond acceptors (Lipinski definition) is 6. The zero-order valence-electron chi connectivity index (χ0n) is 12.4. The third-order valence-corrected chi connectivity index (χ3v) is 4.91. The highest BCUT2D eigenvalue weighted by molar-refractivity contribution is 7.89. The number of aromatic nitrogens is 2. The molecule has 0 fully saturated rings. The van der Waals surface area contributed by atoms with Gasteiger partial charge >= 0.3 is 0 Å². The van der Waals surface area contributed by atoms with Gasteiger partial charge in [0.25, 0.3) is 0 Å². The monoisotopic (exact) mass is 321 g/mol. The number of oxazole rings is 1. The predicted molar refractivity (Wildman–Crippen MR) is 78.7 cm³/mol. The van der Waals surface area contributed by atoms with E-state index < -0.39 is 10.0 Å². The first kappa shape index (κ1) is 14.7. The normalized spacial score (nSPS) is 12.1. The Kier molecular flexibility index (Phi) is 3.50. The molecule has 3 aromatic rings. The SMILES string of the molecule is Cc1nc2cc(CNS(=O)(=O)c3c(C)noc3C)ccc2o1. The van der Waals surface area contributed by atoms with Crippen molar-refractivity contribution < 1.29 is 17.4 Å². The predicted octanol–water partition coefficient (Wildman–Crippen LogP) is 2.22. The fraction of sp³-hybridized carbons (Fsp3) is 0.286. The van der Waals surface area contributed by atoms with Crippen LogP contribution in [0.5, 0.6) is 0 Å². The Balaban J connectivity index is 1.84. The van der Waals surface area contributed by atoms with Crippen molar-refractivity contribution in [3.63, 3.8) is 0 Å². The largest absolute Gasteiger partial charge is 0.441 e. The van der Waals surface area contributed by atoms with Crippen molar-refractivity contribution in [2.24, 2.45) is 0 Å². The topological polar surface area (TPSA) is 98.2 Å². The van der Waals surface area contributed by atoms with Crippen LogP contribution in [0.2, 0.25) is 0 Å². The van der Waals surface area contributed by atoms with Gasteiger partial charge in [-0.05, 0) is 31.5 Å². The molecule has 0 aliphatic heterocycles. The minimum atomic E-state index is -3.67. The molecule has 3 rings (SSSR count). The molecule has 1 aromatic carbocycles. The van der Waals surface area contributed by atoms with Gasteiger partial charge < -0.3 is 8.94 Å². The Morgan fingerprint density at radius 3 is 2.68 bits per heavy atom. The molecule has 0 aliphatic rings. The van der Waals surface area contributed by atoms with Crippen LogP contribution in [0.1, 0.15) is 22.9 Å². The van der Waals surface area contributed by atoms with E-state index in [-0.39, 0.29) is 17.2 Å². The lowest BCUT2D eigenvalue weighted by Crippen LogP contribution is -2.24. The van der Waals surface area contributed by atoms with Crippen LogP contribution < -0.4 is 4.72 Å². The van der Waals surface area contributed by atoms with Gasteiger partial charge in [-0.25, -0.2) is 18.1 Å². The molecule has 2 heterocycles. The number of hydrogen-bond donors (Lipinski definition) is 1. The standard InChI is InChI=1S/C14H15N3O4S/c1-8-14(9(2)21-17-8)22(18,19)15-7-11-4-5-13-12(6-11)16-10(3)20-13/h4-6,15H,7H2,1-3H3. The summed E-state index contributed by atoms with van der Waals surface area (Å²) in [5, 5.41) is 3.66. The maximum atomic E-state index is 12.3. The number of rotatable bonds is 4. The van der Waals surface area contributed by atoms with Gasteiger partial charge in [0.05, 0.1) is 0 Å². The molecule has 0 unspecified atom stereocenters. The summed E-state index contributed by atoms with van der Waals surface area (Å²) in [5.41, 5.74) is 2.50. The quantitative estimate of drug-likeness (QED) is 0.791. The van der Waals surface area contributed by atoms with Gasteiger partial charge in [-0.1, -0.05) is 11.2 Å². The average Bonchev–Trinajstić information content (AvgIpc) is 2.98. The zero-order valence-corrected chi connectivity index (χ0v) is 13.2. The van der Waals surface area contributed by atoms with Gasteiger partial charge in [-0.2, -0.15) is 0 Å². The van der Waals surface area contributed by atoms with Gasteiger partial charge in [0.2, 0.25) is 10.0 Å². The summed E-state index contributed by atoms with van der Waals surface area (Å²) < 4.78 is 37.5. The smallest absolute Gasteiger partial charge is 0.246 e. The van der Waals surface area contributed by atoms with Crippen LogP contribution >= 0.6 is 0 Å². The van der Waals surface area contributed by atoms with Crippen LogP contribution in [0, 0.1) is 20.8 Å². The lowest BCUT2D eigenvalue weighted by molar-refractivity contribution is 0.390. The molecular formula is C14H15N3O4S.